The van der Waals surface area contributed by atoms with E-state index < -0.39 is 15.6 Å². The van der Waals surface area contributed by atoms with Gasteiger partial charge in [0.1, 0.15) is 16.1 Å². The van der Waals surface area contributed by atoms with E-state index in [1.54, 1.807) is 13.8 Å². The minimum absolute atomic E-state index is 0.0522. The Balaban J connectivity index is 2.34. The maximum Gasteiger partial charge on any atom is 0.247 e. The SMILES string of the molecule is Cc1noc(C)c1S(=O)(=O)NC1(C#N)CCCCCC1. The van der Waals surface area contributed by atoms with Gasteiger partial charge in [-0.2, -0.15) is 9.98 Å². The van der Waals surface area contributed by atoms with Crippen molar-refractivity contribution in [3.63, 3.8) is 0 Å². The third kappa shape index (κ3) is 2.86. The zero-order valence-corrected chi connectivity index (χ0v) is 12.6. The zero-order valence-electron chi connectivity index (χ0n) is 11.8. The van der Waals surface area contributed by atoms with Crippen LogP contribution in [0.4, 0.5) is 0 Å². The molecule has 1 fully saturated rings. The van der Waals surface area contributed by atoms with Gasteiger partial charge in [0, 0.05) is 0 Å². The lowest BCUT2D eigenvalue weighted by Crippen LogP contribution is -2.47. The summed E-state index contributed by atoms with van der Waals surface area (Å²) >= 11 is 0. The standard InChI is InChI=1S/C13H19N3O3S/c1-10-12(11(2)19-15-10)20(17,18)16-13(9-14)7-5-3-4-6-8-13/h16H,3-8H2,1-2H3. The molecular formula is C13H19N3O3S. The molecule has 1 aliphatic carbocycles. The molecule has 1 aromatic rings. The Labute approximate surface area is 119 Å². The van der Waals surface area contributed by atoms with E-state index in [-0.39, 0.29) is 10.7 Å². The van der Waals surface area contributed by atoms with Gasteiger partial charge in [0.2, 0.25) is 10.0 Å². The summed E-state index contributed by atoms with van der Waals surface area (Å²) < 4.78 is 32.5. The Morgan fingerprint density at radius 3 is 2.30 bits per heavy atom. The van der Waals surface area contributed by atoms with Gasteiger partial charge in [0.15, 0.2) is 5.76 Å². The van der Waals surface area contributed by atoms with Crippen molar-refractivity contribution in [1.82, 2.24) is 9.88 Å². The fourth-order valence-electron chi connectivity index (χ4n) is 2.74. The summed E-state index contributed by atoms with van der Waals surface area (Å²) in [5.41, 5.74) is -0.692. The molecule has 1 aliphatic rings. The van der Waals surface area contributed by atoms with Gasteiger partial charge in [-0.25, -0.2) is 8.42 Å². The summed E-state index contributed by atoms with van der Waals surface area (Å²) in [5.74, 6) is 0.247. The number of nitrogens with one attached hydrogen (secondary N) is 1. The van der Waals surface area contributed by atoms with Crippen LogP contribution in [0.1, 0.15) is 50.0 Å². The van der Waals surface area contributed by atoms with Crippen LogP contribution in [0.25, 0.3) is 0 Å². The molecule has 0 aliphatic heterocycles. The maximum absolute atomic E-state index is 12.5. The van der Waals surface area contributed by atoms with Gasteiger partial charge in [-0.3, -0.25) is 0 Å². The highest BCUT2D eigenvalue weighted by Crippen LogP contribution is 2.29. The molecule has 20 heavy (non-hydrogen) atoms. The molecule has 110 valence electrons. The molecule has 0 atom stereocenters. The second kappa shape index (κ2) is 5.54. The minimum Gasteiger partial charge on any atom is -0.360 e. The molecular weight excluding hydrogens is 278 g/mol. The molecule has 0 unspecified atom stereocenters. The van der Waals surface area contributed by atoms with Crippen LogP contribution in [0.2, 0.25) is 0 Å². The highest BCUT2D eigenvalue weighted by atomic mass is 32.2. The summed E-state index contributed by atoms with van der Waals surface area (Å²) in [7, 11) is -3.79. The van der Waals surface area contributed by atoms with Gasteiger partial charge in [-0.05, 0) is 26.7 Å². The van der Waals surface area contributed by atoms with E-state index in [0.29, 0.717) is 18.5 Å². The van der Waals surface area contributed by atoms with E-state index in [9.17, 15) is 13.7 Å². The van der Waals surface area contributed by atoms with Crippen molar-refractivity contribution in [3.05, 3.63) is 11.5 Å². The van der Waals surface area contributed by atoms with Crippen LogP contribution < -0.4 is 4.72 Å². The van der Waals surface area contributed by atoms with Crippen molar-refractivity contribution >= 4 is 10.0 Å². The molecule has 1 heterocycles. The van der Waals surface area contributed by atoms with Crippen molar-refractivity contribution in [2.45, 2.75) is 62.8 Å². The normalized spacial score (nSPS) is 19.2. The van der Waals surface area contributed by atoms with E-state index in [0.717, 1.165) is 25.7 Å². The van der Waals surface area contributed by atoms with E-state index in [1.165, 1.54) is 0 Å². The fourth-order valence-corrected chi connectivity index (χ4v) is 4.44. The number of nitrogens with zero attached hydrogens (tertiary/aromatic N) is 2. The lowest BCUT2D eigenvalue weighted by atomic mass is 9.94. The summed E-state index contributed by atoms with van der Waals surface area (Å²) in [6, 6.07) is 2.17. The molecule has 2 rings (SSSR count). The first kappa shape index (κ1) is 15.0. The van der Waals surface area contributed by atoms with Crippen LogP contribution in [0.5, 0.6) is 0 Å². The lowest BCUT2D eigenvalue weighted by molar-refractivity contribution is 0.389. The van der Waals surface area contributed by atoms with Crippen LogP contribution in [-0.4, -0.2) is 19.1 Å². The number of aromatic nitrogens is 1. The Kier molecular flexibility index (Phi) is 4.16. The van der Waals surface area contributed by atoms with Crippen LogP contribution in [0, 0.1) is 25.2 Å². The fraction of sp³-hybridized carbons (Fsp3) is 0.692. The molecule has 0 aromatic carbocycles. The average Bonchev–Trinajstić information content (AvgIpc) is 2.61. The van der Waals surface area contributed by atoms with E-state index in [2.05, 4.69) is 15.9 Å². The van der Waals surface area contributed by atoms with Crippen molar-refractivity contribution in [3.8, 4) is 6.07 Å². The van der Waals surface area contributed by atoms with Gasteiger partial charge < -0.3 is 4.52 Å². The van der Waals surface area contributed by atoms with Crippen LogP contribution >= 0.6 is 0 Å². The Morgan fingerprint density at radius 2 is 1.85 bits per heavy atom. The number of nitriles is 1. The predicted molar refractivity (Wildman–Crippen MR) is 72.3 cm³/mol. The van der Waals surface area contributed by atoms with Crippen molar-refractivity contribution in [2.24, 2.45) is 0 Å². The second-order valence-corrected chi connectivity index (χ2v) is 6.99. The number of hydrogen-bond donors (Lipinski definition) is 1. The molecule has 1 saturated carbocycles. The molecule has 1 aromatic heterocycles. The van der Waals surface area contributed by atoms with Gasteiger partial charge in [-0.15, -0.1) is 0 Å². The first-order valence-electron chi connectivity index (χ1n) is 6.78. The monoisotopic (exact) mass is 297 g/mol. The number of hydrogen-bond acceptors (Lipinski definition) is 5. The van der Waals surface area contributed by atoms with E-state index >= 15 is 0 Å². The van der Waals surface area contributed by atoms with Gasteiger partial charge in [-0.1, -0.05) is 30.8 Å². The largest absolute Gasteiger partial charge is 0.360 e. The Hall–Kier alpha value is -1.39. The quantitative estimate of drug-likeness (QED) is 0.863. The maximum atomic E-state index is 12.5. The Morgan fingerprint density at radius 1 is 1.25 bits per heavy atom. The summed E-state index contributed by atoms with van der Waals surface area (Å²) in [5, 5.41) is 13.1. The molecule has 0 bridgehead atoms. The number of rotatable bonds is 3. The van der Waals surface area contributed by atoms with Crippen molar-refractivity contribution in [1.29, 1.82) is 5.26 Å². The average molecular weight is 297 g/mol. The van der Waals surface area contributed by atoms with Crippen molar-refractivity contribution in [2.75, 3.05) is 0 Å². The van der Waals surface area contributed by atoms with Gasteiger partial charge in [0.25, 0.3) is 0 Å². The smallest absolute Gasteiger partial charge is 0.247 e. The topological polar surface area (TPSA) is 96.0 Å². The first-order chi connectivity index (χ1) is 9.40. The van der Waals surface area contributed by atoms with Gasteiger partial charge >= 0.3 is 0 Å². The second-order valence-electron chi connectivity index (χ2n) is 5.37. The highest BCUT2D eigenvalue weighted by Gasteiger charge is 2.37. The number of sulfonamides is 1. The third-order valence-corrected chi connectivity index (χ3v) is 5.52. The molecule has 0 spiro atoms. The molecule has 0 radical (unpaired) electrons. The predicted octanol–water partition coefficient (Wildman–Crippen LogP) is 2.19. The molecule has 7 heteroatoms. The third-order valence-electron chi connectivity index (χ3n) is 3.74. The molecule has 0 saturated heterocycles. The summed E-state index contributed by atoms with van der Waals surface area (Å²) in [6.07, 6.45) is 4.89. The van der Waals surface area contributed by atoms with Gasteiger partial charge in [0.05, 0.1) is 6.07 Å². The molecule has 1 N–H and O–H groups in total. The highest BCUT2D eigenvalue weighted by molar-refractivity contribution is 7.89. The van der Waals surface area contributed by atoms with E-state index in [1.807, 2.05) is 0 Å². The van der Waals surface area contributed by atoms with E-state index in [4.69, 9.17) is 4.52 Å². The molecule has 0 amide bonds. The number of aryl methyl sites for hydroxylation is 2. The van der Waals surface area contributed by atoms with Crippen LogP contribution in [0.3, 0.4) is 0 Å². The summed E-state index contributed by atoms with van der Waals surface area (Å²) in [6.45, 7) is 3.14. The van der Waals surface area contributed by atoms with Crippen LogP contribution in [0.15, 0.2) is 9.42 Å². The zero-order chi connectivity index (χ0) is 14.8. The lowest BCUT2D eigenvalue weighted by Gasteiger charge is -2.25. The van der Waals surface area contributed by atoms with Crippen molar-refractivity contribution < 1.29 is 12.9 Å². The first-order valence-corrected chi connectivity index (χ1v) is 8.27. The summed E-state index contributed by atoms with van der Waals surface area (Å²) in [4.78, 5) is 0.0522. The Bertz CT molecular complexity index is 600. The van der Waals surface area contributed by atoms with Crippen LogP contribution in [-0.2, 0) is 10.0 Å². The minimum atomic E-state index is -3.79. The molecule has 6 nitrogen and oxygen atoms in total.